The third kappa shape index (κ3) is 4.53. The van der Waals surface area contributed by atoms with Gasteiger partial charge in [-0.25, -0.2) is 0 Å². The first kappa shape index (κ1) is 20.8. The van der Waals surface area contributed by atoms with Gasteiger partial charge in [0.15, 0.2) is 5.78 Å². The standard InChI is InChI=1S/C25H25NO5/c1-16-22(25(29)31-14-13-30-19-9-3-2-4-10-19)23(17-7-5-8-18(27)15-17)24-20(26-16)11-6-12-21(24)28/h2-5,7-10,15,22-23,27H,6,11-14H2,1H3. The van der Waals surface area contributed by atoms with Crippen LogP contribution in [0.1, 0.15) is 37.7 Å². The van der Waals surface area contributed by atoms with Crippen LogP contribution < -0.4 is 4.74 Å². The summed E-state index contributed by atoms with van der Waals surface area (Å²) in [5.41, 5.74) is 2.65. The number of carbonyl (C=O) groups excluding carboxylic acids is 2. The fraction of sp³-hybridized carbons (Fsp3) is 0.320. The highest BCUT2D eigenvalue weighted by Crippen LogP contribution is 2.44. The van der Waals surface area contributed by atoms with E-state index in [4.69, 9.17) is 9.47 Å². The SMILES string of the molecule is CC1=NC2=C(C(=O)CCC2)C(c2cccc(O)c2)C1C(=O)OCCOc1ccccc1. The molecule has 0 fully saturated rings. The van der Waals surface area contributed by atoms with Gasteiger partial charge in [0.2, 0.25) is 0 Å². The highest BCUT2D eigenvalue weighted by molar-refractivity contribution is 6.08. The number of phenols is 1. The molecule has 0 bridgehead atoms. The first-order valence-electron chi connectivity index (χ1n) is 10.5. The van der Waals surface area contributed by atoms with Crippen LogP contribution in [-0.2, 0) is 14.3 Å². The molecule has 0 aromatic heterocycles. The van der Waals surface area contributed by atoms with E-state index in [9.17, 15) is 14.7 Å². The van der Waals surface area contributed by atoms with Gasteiger partial charge in [-0.2, -0.15) is 0 Å². The quantitative estimate of drug-likeness (QED) is 0.560. The number of para-hydroxylation sites is 1. The van der Waals surface area contributed by atoms with Crippen molar-refractivity contribution in [3.05, 3.63) is 71.4 Å². The topological polar surface area (TPSA) is 85.2 Å². The molecule has 160 valence electrons. The fourth-order valence-corrected chi connectivity index (χ4v) is 4.30. The molecule has 1 heterocycles. The van der Waals surface area contributed by atoms with Gasteiger partial charge in [0.25, 0.3) is 0 Å². The van der Waals surface area contributed by atoms with E-state index in [-0.39, 0.29) is 24.7 Å². The van der Waals surface area contributed by atoms with Gasteiger partial charge in [0, 0.05) is 29.3 Å². The van der Waals surface area contributed by atoms with Crippen molar-refractivity contribution in [2.75, 3.05) is 13.2 Å². The molecule has 0 spiro atoms. The van der Waals surface area contributed by atoms with Gasteiger partial charge in [-0.05, 0) is 49.6 Å². The minimum atomic E-state index is -0.723. The first-order valence-corrected chi connectivity index (χ1v) is 10.5. The van der Waals surface area contributed by atoms with Gasteiger partial charge in [-0.15, -0.1) is 0 Å². The molecule has 0 radical (unpaired) electrons. The summed E-state index contributed by atoms with van der Waals surface area (Å²) in [5, 5.41) is 10.0. The second-order valence-corrected chi connectivity index (χ2v) is 7.77. The van der Waals surface area contributed by atoms with Crippen molar-refractivity contribution in [2.24, 2.45) is 10.9 Å². The molecule has 4 rings (SSSR count). The van der Waals surface area contributed by atoms with E-state index in [0.717, 1.165) is 12.1 Å². The van der Waals surface area contributed by atoms with E-state index in [1.165, 1.54) is 0 Å². The predicted molar refractivity (Wildman–Crippen MR) is 116 cm³/mol. The molecule has 2 atom stereocenters. The fourth-order valence-electron chi connectivity index (χ4n) is 4.30. The van der Waals surface area contributed by atoms with Gasteiger partial charge in [-0.1, -0.05) is 30.3 Å². The number of aromatic hydroxyl groups is 1. The van der Waals surface area contributed by atoms with Crippen LogP contribution in [0.3, 0.4) is 0 Å². The Hall–Kier alpha value is -3.41. The van der Waals surface area contributed by atoms with Crippen molar-refractivity contribution < 1.29 is 24.2 Å². The third-order valence-corrected chi connectivity index (χ3v) is 5.66. The van der Waals surface area contributed by atoms with Crippen molar-refractivity contribution >= 4 is 17.5 Å². The normalized spacial score (nSPS) is 20.7. The number of nitrogens with zero attached hydrogens (tertiary/aromatic N) is 1. The van der Waals surface area contributed by atoms with Crippen molar-refractivity contribution in [1.29, 1.82) is 0 Å². The summed E-state index contributed by atoms with van der Waals surface area (Å²) >= 11 is 0. The second-order valence-electron chi connectivity index (χ2n) is 7.77. The highest BCUT2D eigenvalue weighted by Gasteiger charge is 2.43. The molecule has 0 amide bonds. The lowest BCUT2D eigenvalue weighted by Gasteiger charge is -2.34. The molecule has 2 aromatic rings. The lowest BCUT2D eigenvalue weighted by atomic mass is 9.72. The summed E-state index contributed by atoms with van der Waals surface area (Å²) in [5.74, 6) is -0.887. The number of esters is 1. The minimum Gasteiger partial charge on any atom is -0.508 e. The minimum absolute atomic E-state index is 0.0102. The summed E-state index contributed by atoms with van der Waals surface area (Å²) in [6.07, 6.45) is 1.91. The van der Waals surface area contributed by atoms with E-state index >= 15 is 0 Å². The molecule has 2 aromatic carbocycles. The van der Waals surface area contributed by atoms with Crippen LogP contribution >= 0.6 is 0 Å². The summed E-state index contributed by atoms with van der Waals surface area (Å²) in [6, 6.07) is 16.0. The van der Waals surface area contributed by atoms with Crippen LogP contribution in [-0.4, -0.2) is 35.8 Å². The van der Waals surface area contributed by atoms with Crippen LogP contribution in [0.15, 0.2) is 70.9 Å². The Morgan fingerprint density at radius 1 is 1.10 bits per heavy atom. The molecule has 31 heavy (non-hydrogen) atoms. The molecule has 6 heteroatoms. The lowest BCUT2D eigenvalue weighted by molar-refractivity contribution is -0.147. The van der Waals surface area contributed by atoms with E-state index in [1.807, 2.05) is 36.4 Å². The number of carbonyl (C=O) groups is 2. The molecule has 0 saturated carbocycles. The number of ketones is 1. The zero-order valence-corrected chi connectivity index (χ0v) is 17.4. The van der Waals surface area contributed by atoms with Gasteiger partial charge >= 0.3 is 5.97 Å². The van der Waals surface area contributed by atoms with Crippen molar-refractivity contribution in [2.45, 2.75) is 32.1 Å². The molecule has 1 aliphatic heterocycles. The number of rotatable bonds is 6. The van der Waals surface area contributed by atoms with Gasteiger partial charge < -0.3 is 14.6 Å². The van der Waals surface area contributed by atoms with Crippen LogP contribution in [0.2, 0.25) is 0 Å². The number of benzene rings is 2. The Kier molecular flexibility index (Phi) is 6.16. The van der Waals surface area contributed by atoms with E-state index in [1.54, 1.807) is 25.1 Å². The van der Waals surface area contributed by atoms with Crippen LogP contribution in [0.4, 0.5) is 0 Å². The van der Waals surface area contributed by atoms with Crippen molar-refractivity contribution in [3.63, 3.8) is 0 Å². The molecule has 0 saturated heterocycles. The van der Waals surface area contributed by atoms with Crippen LogP contribution in [0.5, 0.6) is 11.5 Å². The summed E-state index contributed by atoms with van der Waals surface area (Å²) in [7, 11) is 0. The molecule has 1 N–H and O–H groups in total. The summed E-state index contributed by atoms with van der Waals surface area (Å²) in [6.45, 7) is 2.11. The number of phenolic OH excluding ortho intramolecular Hbond substituents is 1. The van der Waals surface area contributed by atoms with E-state index in [0.29, 0.717) is 35.4 Å². The van der Waals surface area contributed by atoms with Gasteiger partial charge in [0.05, 0.1) is 0 Å². The molecule has 1 aliphatic carbocycles. The Balaban J connectivity index is 1.55. The Labute approximate surface area is 181 Å². The molecule has 6 nitrogen and oxygen atoms in total. The van der Waals surface area contributed by atoms with Crippen molar-refractivity contribution in [3.8, 4) is 11.5 Å². The number of allylic oxidation sites excluding steroid dienone is 2. The van der Waals surface area contributed by atoms with Gasteiger partial charge in [-0.3, -0.25) is 14.6 Å². The number of ether oxygens (including phenoxy) is 2. The molecule has 2 unspecified atom stereocenters. The Morgan fingerprint density at radius 2 is 1.90 bits per heavy atom. The average Bonchev–Trinajstić information content (AvgIpc) is 2.76. The number of Topliss-reactive ketones (excluding diaryl/α,β-unsaturated/α-hetero) is 1. The largest absolute Gasteiger partial charge is 0.508 e. The molecular weight excluding hydrogens is 394 g/mol. The smallest absolute Gasteiger partial charge is 0.315 e. The van der Waals surface area contributed by atoms with E-state index in [2.05, 4.69) is 4.99 Å². The second kappa shape index (κ2) is 9.16. The zero-order valence-electron chi connectivity index (χ0n) is 17.4. The highest BCUT2D eigenvalue weighted by atomic mass is 16.6. The monoisotopic (exact) mass is 419 g/mol. The van der Waals surface area contributed by atoms with Crippen LogP contribution in [0, 0.1) is 5.92 Å². The maximum atomic E-state index is 13.1. The summed E-state index contributed by atoms with van der Waals surface area (Å²) < 4.78 is 11.1. The van der Waals surface area contributed by atoms with Crippen LogP contribution in [0.25, 0.3) is 0 Å². The maximum Gasteiger partial charge on any atom is 0.315 e. The van der Waals surface area contributed by atoms with Gasteiger partial charge in [0.1, 0.15) is 30.6 Å². The third-order valence-electron chi connectivity index (χ3n) is 5.66. The predicted octanol–water partition coefficient (Wildman–Crippen LogP) is 4.20. The van der Waals surface area contributed by atoms with Crippen molar-refractivity contribution in [1.82, 2.24) is 0 Å². The Bertz CT molecular complexity index is 1040. The zero-order chi connectivity index (χ0) is 21.8. The average molecular weight is 419 g/mol. The summed E-state index contributed by atoms with van der Waals surface area (Å²) in [4.78, 5) is 30.6. The number of hydrogen-bond donors (Lipinski definition) is 1. The molecular formula is C25H25NO5. The molecule has 2 aliphatic rings. The maximum absolute atomic E-state index is 13.1. The Morgan fingerprint density at radius 3 is 2.68 bits per heavy atom. The van der Waals surface area contributed by atoms with E-state index < -0.39 is 17.8 Å². The lowest BCUT2D eigenvalue weighted by Crippen LogP contribution is -2.37. The first-order chi connectivity index (χ1) is 15.0. The number of hydrogen-bond acceptors (Lipinski definition) is 6. The number of aliphatic imine (C=N–C) groups is 1.